The van der Waals surface area contributed by atoms with Crippen LogP contribution in [-0.4, -0.2) is 33.1 Å². The molecule has 0 radical (unpaired) electrons. The average molecular weight is 455 g/mol. The number of aromatic carboxylic acids is 1. The van der Waals surface area contributed by atoms with E-state index in [0.29, 0.717) is 12.1 Å². The molecular weight excluding hydrogens is 428 g/mol. The van der Waals surface area contributed by atoms with Gasteiger partial charge in [-0.1, -0.05) is 42.5 Å². The fourth-order valence-electron chi connectivity index (χ4n) is 3.25. The zero-order valence-corrected chi connectivity index (χ0v) is 18.7. The van der Waals surface area contributed by atoms with Crippen LogP contribution in [0.2, 0.25) is 0 Å². The van der Waals surface area contributed by atoms with Gasteiger partial charge < -0.3 is 15.2 Å². The quantitative estimate of drug-likeness (QED) is 0.426. The van der Waals surface area contributed by atoms with Gasteiger partial charge in [-0.2, -0.15) is 0 Å². The van der Waals surface area contributed by atoms with E-state index in [1.165, 1.54) is 18.2 Å². The molecule has 0 fully saturated rings. The highest BCUT2D eigenvalue weighted by molar-refractivity contribution is 7.89. The summed E-state index contributed by atoms with van der Waals surface area (Å²) in [6, 6.07) is 20.8. The summed E-state index contributed by atoms with van der Waals surface area (Å²) in [4.78, 5) is 11.3. The van der Waals surface area contributed by atoms with Crippen molar-refractivity contribution in [2.24, 2.45) is 0 Å². The molecule has 0 amide bonds. The number of methoxy groups -OCH3 is 1. The molecule has 3 N–H and O–H groups in total. The monoisotopic (exact) mass is 454 g/mol. The Balaban J connectivity index is 1.80. The van der Waals surface area contributed by atoms with Crippen LogP contribution in [0.25, 0.3) is 0 Å². The number of hydrogen-bond donors (Lipinski definition) is 3. The molecule has 32 heavy (non-hydrogen) atoms. The number of rotatable bonds is 10. The molecule has 0 saturated carbocycles. The first kappa shape index (κ1) is 23.3. The molecule has 3 aromatic rings. The lowest BCUT2D eigenvalue weighted by Gasteiger charge is -2.19. The molecule has 0 bridgehead atoms. The highest BCUT2D eigenvalue weighted by Crippen LogP contribution is 2.27. The zero-order chi connectivity index (χ0) is 23.1. The second kappa shape index (κ2) is 10.3. The highest BCUT2D eigenvalue weighted by Gasteiger charge is 2.22. The van der Waals surface area contributed by atoms with Crippen molar-refractivity contribution in [1.29, 1.82) is 0 Å². The Morgan fingerprint density at radius 1 is 1.03 bits per heavy atom. The van der Waals surface area contributed by atoms with Crippen LogP contribution in [0.4, 0.5) is 5.69 Å². The van der Waals surface area contributed by atoms with Crippen molar-refractivity contribution in [2.75, 3.05) is 19.0 Å². The van der Waals surface area contributed by atoms with Gasteiger partial charge in [-0.25, -0.2) is 17.9 Å². The van der Waals surface area contributed by atoms with Gasteiger partial charge in [-0.3, -0.25) is 0 Å². The first-order valence-electron chi connectivity index (χ1n) is 10.1. The Morgan fingerprint density at radius 2 is 1.72 bits per heavy atom. The van der Waals surface area contributed by atoms with E-state index in [-0.39, 0.29) is 23.0 Å². The highest BCUT2D eigenvalue weighted by atomic mass is 32.2. The van der Waals surface area contributed by atoms with Gasteiger partial charge >= 0.3 is 5.97 Å². The Morgan fingerprint density at radius 3 is 2.34 bits per heavy atom. The first-order chi connectivity index (χ1) is 15.3. The minimum atomic E-state index is -3.96. The fraction of sp³-hybridized carbons (Fsp3) is 0.208. The van der Waals surface area contributed by atoms with Crippen molar-refractivity contribution in [3.05, 3.63) is 89.5 Å². The molecule has 0 aliphatic rings. The van der Waals surface area contributed by atoms with Gasteiger partial charge in [0.05, 0.1) is 18.4 Å². The van der Waals surface area contributed by atoms with Crippen molar-refractivity contribution >= 4 is 21.7 Å². The van der Waals surface area contributed by atoms with Crippen molar-refractivity contribution < 1.29 is 23.1 Å². The van der Waals surface area contributed by atoms with Crippen LogP contribution in [0.3, 0.4) is 0 Å². The molecule has 0 aromatic heterocycles. The molecule has 0 aliphatic carbocycles. The average Bonchev–Trinajstić information content (AvgIpc) is 2.80. The molecule has 7 nitrogen and oxygen atoms in total. The summed E-state index contributed by atoms with van der Waals surface area (Å²) in [6.07, 6.45) is 0.477. The Bertz CT molecular complexity index is 1160. The first-order valence-corrected chi connectivity index (χ1v) is 11.6. The molecule has 0 heterocycles. The van der Waals surface area contributed by atoms with Crippen LogP contribution in [0, 0.1) is 0 Å². The maximum Gasteiger partial charge on any atom is 0.335 e. The predicted octanol–water partition coefficient (Wildman–Crippen LogP) is 4.09. The van der Waals surface area contributed by atoms with E-state index < -0.39 is 16.0 Å². The number of nitrogens with one attached hydrogen (secondary N) is 2. The third-order valence-corrected chi connectivity index (χ3v) is 6.56. The Labute approximate surface area is 188 Å². The Hall–Kier alpha value is -3.36. The molecule has 0 aliphatic heterocycles. The molecule has 168 valence electrons. The normalized spacial score (nSPS) is 12.2. The maximum absolute atomic E-state index is 13.1. The summed E-state index contributed by atoms with van der Waals surface area (Å²) in [5.41, 5.74) is 2.16. The van der Waals surface area contributed by atoms with E-state index >= 15 is 0 Å². The minimum absolute atomic E-state index is 0.0987. The third kappa shape index (κ3) is 5.87. The molecule has 8 heteroatoms. The number of sulfonamides is 1. The van der Waals surface area contributed by atoms with Crippen LogP contribution < -0.4 is 14.8 Å². The molecule has 1 atom stereocenters. The lowest BCUT2D eigenvalue weighted by molar-refractivity contribution is 0.0696. The SMILES string of the molecule is COc1ccc(CCNS(=O)(=O)c2cc(C(=O)O)ccc2N[C@@H](C)c2ccccc2)cc1. The van der Waals surface area contributed by atoms with Crippen LogP contribution in [0.1, 0.15) is 34.5 Å². The summed E-state index contributed by atoms with van der Waals surface area (Å²) in [6.45, 7) is 2.08. The smallest absolute Gasteiger partial charge is 0.335 e. The van der Waals surface area contributed by atoms with Gasteiger partial charge in [0.2, 0.25) is 10.0 Å². The van der Waals surface area contributed by atoms with E-state index in [1.54, 1.807) is 7.11 Å². The predicted molar refractivity (Wildman–Crippen MR) is 124 cm³/mol. The molecule has 0 spiro atoms. The van der Waals surface area contributed by atoms with Gasteiger partial charge in [0, 0.05) is 12.6 Å². The van der Waals surface area contributed by atoms with Gasteiger partial charge in [0.1, 0.15) is 10.6 Å². The summed E-state index contributed by atoms with van der Waals surface area (Å²) < 4.78 is 33.9. The van der Waals surface area contributed by atoms with Crippen molar-refractivity contribution in [1.82, 2.24) is 4.72 Å². The molecule has 0 unspecified atom stereocenters. The molecule has 0 saturated heterocycles. The summed E-state index contributed by atoms with van der Waals surface area (Å²) in [5, 5.41) is 12.5. The van der Waals surface area contributed by atoms with Crippen molar-refractivity contribution in [2.45, 2.75) is 24.3 Å². The standard InChI is InChI=1S/C24H26N2O5S/c1-17(19-6-4-3-5-7-19)26-22-13-10-20(24(27)28)16-23(22)32(29,30)25-15-14-18-8-11-21(31-2)12-9-18/h3-13,16-17,25-26H,14-15H2,1-2H3,(H,27,28)/t17-/m0/s1. The summed E-state index contributed by atoms with van der Waals surface area (Å²) >= 11 is 0. The van der Waals surface area contributed by atoms with E-state index in [2.05, 4.69) is 10.0 Å². The van der Waals surface area contributed by atoms with E-state index in [9.17, 15) is 18.3 Å². The second-order valence-corrected chi connectivity index (χ2v) is 9.02. The van der Waals surface area contributed by atoms with Gasteiger partial charge in [-0.05, 0) is 54.8 Å². The number of benzene rings is 3. The number of carbonyl (C=O) groups is 1. The molecular formula is C24H26N2O5S. The Kier molecular flexibility index (Phi) is 7.50. The second-order valence-electron chi connectivity index (χ2n) is 7.29. The van der Waals surface area contributed by atoms with Crippen LogP contribution in [-0.2, 0) is 16.4 Å². The largest absolute Gasteiger partial charge is 0.497 e. The van der Waals surface area contributed by atoms with E-state index in [1.807, 2.05) is 61.5 Å². The van der Waals surface area contributed by atoms with Gasteiger partial charge in [-0.15, -0.1) is 0 Å². The minimum Gasteiger partial charge on any atom is -0.497 e. The number of carboxylic acid groups (broad SMARTS) is 1. The number of carboxylic acids is 1. The number of anilines is 1. The van der Waals surface area contributed by atoms with Gasteiger partial charge in [0.15, 0.2) is 0 Å². The van der Waals surface area contributed by atoms with Gasteiger partial charge in [0.25, 0.3) is 0 Å². The number of hydrogen-bond acceptors (Lipinski definition) is 5. The van der Waals surface area contributed by atoms with Crippen LogP contribution in [0.5, 0.6) is 5.75 Å². The van der Waals surface area contributed by atoms with E-state index in [0.717, 1.165) is 16.9 Å². The lowest BCUT2D eigenvalue weighted by atomic mass is 10.1. The summed E-state index contributed by atoms with van der Waals surface area (Å²) in [7, 11) is -2.38. The molecule has 3 rings (SSSR count). The maximum atomic E-state index is 13.1. The lowest BCUT2D eigenvalue weighted by Crippen LogP contribution is -2.27. The third-order valence-electron chi connectivity index (χ3n) is 5.05. The zero-order valence-electron chi connectivity index (χ0n) is 17.9. The van der Waals surface area contributed by atoms with Crippen LogP contribution in [0.15, 0.2) is 77.7 Å². The number of ether oxygens (including phenoxy) is 1. The van der Waals surface area contributed by atoms with Crippen molar-refractivity contribution in [3.63, 3.8) is 0 Å². The van der Waals surface area contributed by atoms with Crippen molar-refractivity contribution in [3.8, 4) is 5.75 Å². The fourth-order valence-corrected chi connectivity index (χ4v) is 4.48. The topological polar surface area (TPSA) is 105 Å². The molecule has 3 aromatic carbocycles. The van der Waals surface area contributed by atoms with E-state index in [4.69, 9.17) is 4.74 Å². The van der Waals surface area contributed by atoms with Crippen LogP contribution >= 0.6 is 0 Å². The summed E-state index contributed by atoms with van der Waals surface area (Å²) in [5.74, 6) is -0.467.